The molecule has 0 bridgehead atoms. The van der Waals surface area contributed by atoms with E-state index in [1.807, 2.05) is 6.92 Å². The molecule has 0 radical (unpaired) electrons. The summed E-state index contributed by atoms with van der Waals surface area (Å²) in [6.07, 6.45) is 1.81. The van der Waals surface area contributed by atoms with Crippen molar-refractivity contribution in [3.8, 4) is 0 Å². The highest BCUT2D eigenvalue weighted by Crippen LogP contribution is 2.27. The van der Waals surface area contributed by atoms with Gasteiger partial charge in [-0.15, -0.1) is 0 Å². The van der Waals surface area contributed by atoms with Crippen molar-refractivity contribution in [1.82, 2.24) is 4.98 Å². The van der Waals surface area contributed by atoms with Gasteiger partial charge in [0.25, 0.3) is 0 Å². The summed E-state index contributed by atoms with van der Waals surface area (Å²) in [7, 11) is 1.64. The van der Waals surface area contributed by atoms with Crippen LogP contribution in [0.15, 0.2) is 16.7 Å². The third-order valence-electron chi connectivity index (χ3n) is 2.95. The highest BCUT2D eigenvalue weighted by atomic mass is 79.9. The minimum absolute atomic E-state index is 0.125. The van der Waals surface area contributed by atoms with Crippen LogP contribution in [-0.4, -0.2) is 31.6 Å². The number of amides is 1. The van der Waals surface area contributed by atoms with Crippen LogP contribution in [0.25, 0.3) is 0 Å². The van der Waals surface area contributed by atoms with Crippen molar-refractivity contribution in [1.29, 1.82) is 0 Å². The Bertz CT molecular complexity index is 620. The second kappa shape index (κ2) is 5.38. The number of pyridine rings is 1. The van der Waals surface area contributed by atoms with Crippen molar-refractivity contribution < 1.29 is 13.2 Å². The molecular weight excluding hydrogens is 356 g/mol. The van der Waals surface area contributed by atoms with Crippen LogP contribution in [0, 0.1) is 12.8 Å². The van der Waals surface area contributed by atoms with Gasteiger partial charge in [-0.1, -0.05) is 0 Å². The van der Waals surface area contributed by atoms with Gasteiger partial charge in [0.1, 0.15) is 5.82 Å². The molecule has 1 amide bonds. The summed E-state index contributed by atoms with van der Waals surface area (Å²) in [4.78, 5) is 17.6. The molecule has 1 unspecified atom stereocenters. The fourth-order valence-electron chi connectivity index (χ4n) is 2.07. The van der Waals surface area contributed by atoms with Crippen LogP contribution in [0.5, 0.6) is 0 Å². The highest BCUT2D eigenvalue weighted by molar-refractivity contribution is 9.10. The predicted molar refractivity (Wildman–Crippen MR) is 76.8 cm³/mol. The number of aryl methyl sites for hydroxylation is 1. The van der Waals surface area contributed by atoms with Crippen LogP contribution >= 0.6 is 26.6 Å². The first-order valence-electron chi connectivity index (χ1n) is 5.61. The first kappa shape index (κ1) is 14.7. The van der Waals surface area contributed by atoms with E-state index in [-0.39, 0.29) is 24.0 Å². The molecule has 1 saturated heterocycles. The predicted octanol–water partition coefficient (Wildman–Crippen LogP) is 2.07. The standard InChI is InChI=1S/C11H12BrClN2O3S/c1-7-2-10(14-4-9(7)12)15-5-8(3-11(15)16)6-19(13,17)18/h2,4,8H,3,5-6H2,1H3. The molecule has 1 aliphatic heterocycles. The summed E-state index contributed by atoms with van der Waals surface area (Å²) in [6, 6.07) is 1.79. The minimum atomic E-state index is -3.59. The Kier molecular flexibility index (Phi) is 4.17. The molecule has 0 saturated carbocycles. The number of nitrogens with zero attached hydrogens (tertiary/aromatic N) is 2. The lowest BCUT2D eigenvalue weighted by atomic mass is 10.1. The van der Waals surface area contributed by atoms with E-state index in [2.05, 4.69) is 20.9 Å². The van der Waals surface area contributed by atoms with Gasteiger partial charge in [-0.25, -0.2) is 13.4 Å². The van der Waals surface area contributed by atoms with Crippen molar-refractivity contribution in [2.45, 2.75) is 13.3 Å². The van der Waals surface area contributed by atoms with Gasteiger partial charge in [0.2, 0.25) is 15.0 Å². The monoisotopic (exact) mass is 366 g/mol. The zero-order valence-electron chi connectivity index (χ0n) is 10.1. The average molecular weight is 368 g/mol. The molecule has 1 aliphatic rings. The molecule has 2 rings (SSSR count). The molecule has 104 valence electrons. The van der Waals surface area contributed by atoms with Crippen LogP contribution in [0.2, 0.25) is 0 Å². The Morgan fingerprint density at radius 3 is 2.84 bits per heavy atom. The van der Waals surface area contributed by atoms with E-state index in [9.17, 15) is 13.2 Å². The van der Waals surface area contributed by atoms with E-state index >= 15 is 0 Å². The van der Waals surface area contributed by atoms with Crippen molar-refractivity contribution >= 4 is 47.4 Å². The maximum atomic E-state index is 11.9. The number of anilines is 1. The molecule has 0 N–H and O–H groups in total. The van der Waals surface area contributed by atoms with Crippen molar-refractivity contribution in [3.63, 3.8) is 0 Å². The van der Waals surface area contributed by atoms with Gasteiger partial charge >= 0.3 is 0 Å². The van der Waals surface area contributed by atoms with E-state index in [1.54, 1.807) is 12.3 Å². The van der Waals surface area contributed by atoms with E-state index in [4.69, 9.17) is 10.7 Å². The molecule has 1 aromatic heterocycles. The molecule has 8 heteroatoms. The summed E-state index contributed by atoms with van der Waals surface area (Å²) in [6.45, 7) is 2.23. The van der Waals surface area contributed by atoms with Gasteiger partial charge in [-0.3, -0.25) is 9.69 Å². The quantitative estimate of drug-likeness (QED) is 0.767. The summed E-state index contributed by atoms with van der Waals surface area (Å²) in [5.41, 5.74) is 0.964. The van der Waals surface area contributed by atoms with Crippen molar-refractivity contribution in [2.75, 3.05) is 17.2 Å². The van der Waals surface area contributed by atoms with Gasteiger partial charge in [0, 0.05) is 40.2 Å². The van der Waals surface area contributed by atoms with Crippen LogP contribution in [0.4, 0.5) is 5.82 Å². The largest absolute Gasteiger partial charge is 0.296 e. The zero-order valence-corrected chi connectivity index (χ0v) is 13.3. The Hall–Kier alpha value is -0.660. The number of carbonyl (C=O) groups is 1. The van der Waals surface area contributed by atoms with Crippen molar-refractivity contribution in [3.05, 3.63) is 22.3 Å². The molecular formula is C11H12BrClN2O3S. The molecule has 0 aromatic carbocycles. The van der Waals surface area contributed by atoms with Crippen LogP contribution in [0.3, 0.4) is 0 Å². The molecule has 1 atom stereocenters. The van der Waals surface area contributed by atoms with Gasteiger partial charge < -0.3 is 0 Å². The Morgan fingerprint density at radius 1 is 1.58 bits per heavy atom. The molecule has 0 spiro atoms. The SMILES string of the molecule is Cc1cc(N2CC(CS(=O)(=O)Cl)CC2=O)ncc1Br. The molecule has 5 nitrogen and oxygen atoms in total. The van der Waals surface area contributed by atoms with Crippen molar-refractivity contribution in [2.24, 2.45) is 5.92 Å². The summed E-state index contributed by atoms with van der Waals surface area (Å²) < 4.78 is 23.0. The second-order valence-corrected chi connectivity index (χ2v) is 8.25. The fourth-order valence-corrected chi connectivity index (χ4v) is 3.61. The Labute approximate surface area is 124 Å². The topological polar surface area (TPSA) is 67.3 Å². The van der Waals surface area contributed by atoms with Crippen LogP contribution in [0.1, 0.15) is 12.0 Å². The molecule has 1 fully saturated rings. The maximum absolute atomic E-state index is 11.9. The normalized spacial score (nSPS) is 20.1. The van der Waals surface area contributed by atoms with Crippen LogP contribution < -0.4 is 4.90 Å². The third kappa shape index (κ3) is 3.67. The van der Waals surface area contributed by atoms with Gasteiger partial charge in [-0.2, -0.15) is 0 Å². The summed E-state index contributed by atoms with van der Waals surface area (Å²) in [5, 5.41) is 0. The minimum Gasteiger partial charge on any atom is -0.296 e. The van der Waals surface area contributed by atoms with Crippen LogP contribution in [-0.2, 0) is 13.8 Å². The van der Waals surface area contributed by atoms with Gasteiger partial charge in [-0.05, 0) is 34.5 Å². The molecule has 19 heavy (non-hydrogen) atoms. The highest BCUT2D eigenvalue weighted by Gasteiger charge is 2.33. The lowest BCUT2D eigenvalue weighted by Crippen LogP contribution is -2.26. The summed E-state index contributed by atoms with van der Waals surface area (Å²) in [5.74, 6) is -0.0489. The first-order valence-corrected chi connectivity index (χ1v) is 8.88. The number of hydrogen-bond acceptors (Lipinski definition) is 4. The van der Waals surface area contributed by atoms with E-state index in [0.717, 1.165) is 10.0 Å². The maximum Gasteiger partial charge on any atom is 0.232 e. The molecule has 1 aromatic rings. The molecule has 2 heterocycles. The van der Waals surface area contributed by atoms with Gasteiger partial charge in [0.15, 0.2) is 0 Å². The fraction of sp³-hybridized carbons (Fsp3) is 0.455. The Morgan fingerprint density at radius 2 is 2.26 bits per heavy atom. The van der Waals surface area contributed by atoms with E-state index in [1.165, 1.54) is 4.90 Å². The lowest BCUT2D eigenvalue weighted by molar-refractivity contribution is -0.117. The Balaban J connectivity index is 2.18. The average Bonchev–Trinajstić information content (AvgIpc) is 2.61. The number of aromatic nitrogens is 1. The first-order chi connectivity index (χ1) is 8.76. The summed E-state index contributed by atoms with van der Waals surface area (Å²) >= 11 is 3.34. The zero-order chi connectivity index (χ0) is 14.2. The third-order valence-corrected chi connectivity index (χ3v) is 5.03. The molecule has 0 aliphatic carbocycles. The lowest BCUT2D eigenvalue weighted by Gasteiger charge is -2.16. The van der Waals surface area contributed by atoms with E-state index in [0.29, 0.717) is 12.4 Å². The van der Waals surface area contributed by atoms with Gasteiger partial charge in [0.05, 0.1) is 5.75 Å². The number of hydrogen-bond donors (Lipinski definition) is 0. The number of halogens is 2. The second-order valence-electron chi connectivity index (χ2n) is 4.57. The number of carbonyl (C=O) groups excluding carboxylic acids is 1. The van der Waals surface area contributed by atoms with E-state index < -0.39 is 9.05 Å². The number of rotatable bonds is 3. The smallest absolute Gasteiger partial charge is 0.232 e.